The summed E-state index contributed by atoms with van der Waals surface area (Å²) in [5, 5.41) is 15.3. The minimum Gasteiger partial charge on any atom is -0.480 e. The molecule has 0 radical (unpaired) electrons. The number of nitrogens with one attached hydrogen (secondary N) is 3. The van der Waals surface area contributed by atoms with E-state index < -0.39 is 22.0 Å². The van der Waals surface area contributed by atoms with Crippen molar-refractivity contribution in [1.29, 1.82) is 0 Å². The van der Waals surface area contributed by atoms with Crippen LogP contribution < -0.4 is 20.3 Å². The molecule has 14 nitrogen and oxygen atoms in total. The van der Waals surface area contributed by atoms with Crippen molar-refractivity contribution in [2.24, 2.45) is 10.9 Å². The minimum atomic E-state index is -3.72. The van der Waals surface area contributed by atoms with E-state index in [2.05, 4.69) is 35.3 Å². The lowest BCUT2D eigenvalue weighted by molar-refractivity contribution is -0.139. The largest absolute Gasteiger partial charge is 0.480 e. The fraction of sp³-hybridized carbons (Fsp3) is 0.440. The average molecular weight is 572 g/mol. The average Bonchev–Trinajstić information content (AvgIpc) is 3.37. The number of piperidine rings is 1. The summed E-state index contributed by atoms with van der Waals surface area (Å²) < 4.78 is 26.6. The van der Waals surface area contributed by atoms with Crippen molar-refractivity contribution in [3.05, 3.63) is 49.1 Å². The topological polar surface area (TPSA) is 184 Å². The highest BCUT2D eigenvalue weighted by Crippen LogP contribution is 2.27. The van der Waals surface area contributed by atoms with E-state index in [1.54, 1.807) is 0 Å². The van der Waals surface area contributed by atoms with Gasteiger partial charge in [-0.1, -0.05) is 36.4 Å². The molecule has 40 heavy (non-hydrogen) atoms. The Labute approximate surface area is 232 Å². The zero-order valence-corrected chi connectivity index (χ0v) is 22.9. The Hall–Kier alpha value is -4.11. The Morgan fingerprint density at radius 1 is 1.10 bits per heavy atom. The molecule has 0 spiro atoms. The molecule has 5 rings (SSSR count). The molecule has 1 aromatic carbocycles. The fourth-order valence-electron chi connectivity index (χ4n) is 4.43. The number of amides is 1. The van der Waals surface area contributed by atoms with E-state index in [1.165, 1.54) is 17.2 Å². The first-order valence-electron chi connectivity index (χ1n) is 12.9. The van der Waals surface area contributed by atoms with Gasteiger partial charge in [0.15, 0.2) is 22.9 Å². The van der Waals surface area contributed by atoms with Gasteiger partial charge in [-0.15, -0.1) is 0 Å². The van der Waals surface area contributed by atoms with Gasteiger partial charge in [0.25, 0.3) is 0 Å². The molecule has 2 aromatic heterocycles. The maximum Gasteiger partial charge on any atom is 0.323 e. The number of hydrogen-bond acceptors (Lipinski definition) is 10. The number of carboxylic acid groups (broad SMARTS) is 1. The quantitative estimate of drug-likeness (QED) is 0.305. The Kier molecular flexibility index (Phi) is 9.60. The lowest BCUT2D eigenvalue weighted by Gasteiger charge is -2.32. The van der Waals surface area contributed by atoms with Crippen LogP contribution in [-0.2, 0) is 26.2 Å². The molecule has 0 unspecified atom stereocenters. The predicted octanol–water partition coefficient (Wildman–Crippen LogP) is 0.197. The molecule has 214 valence electrons. The molecule has 1 atom stereocenters. The summed E-state index contributed by atoms with van der Waals surface area (Å²) in [5.74, 6) is -0.383. The fourth-order valence-corrected chi connectivity index (χ4v) is 5.12. The molecule has 2 aliphatic rings. The van der Waals surface area contributed by atoms with Gasteiger partial charge < -0.3 is 19.9 Å². The number of aromatic nitrogens is 4. The van der Waals surface area contributed by atoms with Crippen LogP contribution in [0.4, 0.5) is 5.82 Å². The van der Waals surface area contributed by atoms with E-state index in [4.69, 9.17) is 0 Å². The molecular weight excluding hydrogens is 538 g/mol. The number of aliphatic imine (C=N–C) groups is 1. The molecule has 3 aromatic rings. The first-order chi connectivity index (χ1) is 19.2. The van der Waals surface area contributed by atoms with Crippen molar-refractivity contribution >= 4 is 44.8 Å². The van der Waals surface area contributed by atoms with Crippen molar-refractivity contribution in [3.8, 4) is 0 Å². The summed E-state index contributed by atoms with van der Waals surface area (Å²) in [7, 11) is -3.72. The van der Waals surface area contributed by atoms with Gasteiger partial charge in [0.2, 0.25) is 15.9 Å². The van der Waals surface area contributed by atoms with Gasteiger partial charge in [-0.3, -0.25) is 19.9 Å². The summed E-state index contributed by atoms with van der Waals surface area (Å²) in [6.45, 7) is 2.49. The highest BCUT2D eigenvalue weighted by Gasteiger charge is 2.29. The zero-order valence-electron chi connectivity index (χ0n) is 22.1. The maximum atomic E-state index is 12.6. The lowest BCUT2D eigenvalue weighted by atomic mass is 9.96. The minimum absolute atomic E-state index is 0.0528. The molecule has 4 heterocycles. The van der Waals surface area contributed by atoms with Crippen LogP contribution in [0.25, 0.3) is 11.2 Å². The number of nitrogens with zero attached hydrogens (tertiary/aromatic N) is 6. The number of guanidine groups is 1. The summed E-state index contributed by atoms with van der Waals surface area (Å²) in [5.41, 5.74) is 0.877. The van der Waals surface area contributed by atoms with Crippen LogP contribution >= 0.6 is 0 Å². The summed E-state index contributed by atoms with van der Waals surface area (Å²) >= 11 is 0. The first-order valence-corrected chi connectivity index (χ1v) is 14.8. The number of sulfonamides is 1. The lowest BCUT2D eigenvalue weighted by Crippen LogP contribution is -2.48. The number of carbonyl (C=O) groups is 2. The zero-order chi connectivity index (χ0) is 28.5. The summed E-state index contributed by atoms with van der Waals surface area (Å²) in [6, 6.07) is 10.6. The van der Waals surface area contributed by atoms with Crippen molar-refractivity contribution in [3.63, 3.8) is 0 Å². The van der Waals surface area contributed by atoms with E-state index >= 15 is 0 Å². The number of hydrogen-bond donors (Lipinski definition) is 4. The van der Waals surface area contributed by atoms with Crippen LogP contribution in [0, 0.1) is 5.92 Å². The molecule has 0 aliphatic carbocycles. The number of carbonyl (C=O) groups excluding carboxylic acids is 1. The van der Waals surface area contributed by atoms with Gasteiger partial charge in [-0.2, -0.15) is 4.72 Å². The van der Waals surface area contributed by atoms with Crippen LogP contribution in [0.2, 0.25) is 0 Å². The van der Waals surface area contributed by atoms with Gasteiger partial charge in [0, 0.05) is 32.1 Å². The van der Waals surface area contributed by atoms with Gasteiger partial charge >= 0.3 is 5.97 Å². The second-order valence-corrected chi connectivity index (χ2v) is 11.2. The number of anilines is 1. The van der Waals surface area contributed by atoms with Crippen LogP contribution in [0.1, 0.15) is 19.3 Å². The van der Waals surface area contributed by atoms with E-state index in [0.717, 1.165) is 19.2 Å². The van der Waals surface area contributed by atoms with Crippen molar-refractivity contribution in [2.45, 2.75) is 31.8 Å². The van der Waals surface area contributed by atoms with Crippen LogP contribution in [-0.4, -0.2) is 89.4 Å². The van der Waals surface area contributed by atoms with Gasteiger partial charge in [-0.05, 0) is 19.3 Å². The standard InChI is InChI=1S/C19H27N9O5S.C6H6/c1-34(32,33)26-13(18(30)31)9-28-11-24-14-15(22-10-23-16(14)28)27-7-3-12(4-8-27)17(29)25-19-20-5-2-6-21-19;1-2-4-6-5-3-1/h10-13,26H,2-9H2,1H3,(H,30,31)(H2,20,21,25,29);1-6H/t13-;/m0./s1. The molecule has 1 saturated heterocycles. The molecule has 15 heteroatoms. The summed E-state index contributed by atoms with van der Waals surface area (Å²) in [4.78, 5) is 43.3. The Morgan fingerprint density at radius 2 is 1.77 bits per heavy atom. The number of carboxylic acids is 1. The van der Waals surface area contributed by atoms with Crippen molar-refractivity contribution in [2.75, 3.05) is 37.3 Å². The van der Waals surface area contributed by atoms with Gasteiger partial charge in [0.1, 0.15) is 12.4 Å². The van der Waals surface area contributed by atoms with E-state index in [1.807, 2.05) is 41.3 Å². The molecule has 0 bridgehead atoms. The van der Waals surface area contributed by atoms with Crippen LogP contribution in [0.15, 0.2) is 54.0 Å². The van der Waals surface area contributed by atoms with Gasteiger partial charge in [0.05, 0.1) is 19.1 Å². The molecule has 1 fully saturated rings. The predicted molar refractivity (Wildman–Crippen MR) is 149 cm³/mol. The highest BCUT2D eigenvalue weighted by molar-refractivity contribution is 7.88. The van der Waals surface area contributed by atoms with E-state index in [-0.39, 0.29) is 18.4 Å². The third kappa shape index (κ3) is 7.95. The maximum absolute atomic E-state index is 12.6. The normalized spacial score (nSPS) is 16.7. The van der Waals surface area contributed by atoms with Crippen LogP contribution in [0.3, 0.4) is 0 Å². The van der Waals surface area contributed by atoms with Crippen molar-refractivity contribution < 1.29 is 23.1 Å². The van der Waals surface area contributed by atoms with E-state index in [9.17, 15) is 23.1 Å². The van der Waals surface area contributed by atoms with E-state index in [0.29, 0.717) is 55.4 Å². The second-order valence-electron chi connectivity index (χ2n) is 9.46. The monoisotopic (exact) mass is 571 g/mol. The third-order valence-corrected chi connectivity index (χ3v) is 7.10. The highest BCUT2D eigenvalue weighted by atomic mass is 32.2. The van der Waals surface area contributed by atoms with Crippen LogP contribution in [0.5, 0.6) is 0 Å². The Balaban J connectivity index is 0.000000546. The SMILES string of the molecule is CS(=O)(=O)N[C@@H](Cn1cnc2c(N3CCC(C(=O)NC4=NCCCN4)CC3)ncnc21)C(=O)O.c1ccccc1. The third-order valence-electron chi connectivity index (χ3n) is 6.39. The molecular formula is C25H33N9O5S. The molecule has 0 saturated carbocycles. The Morgan fingerprint density at radius 3 is 2.35 bits per heavy atom. The number of fused-ring (bicyclic) bond motifs is 1. The Bertz CT molecular complexity index is 1410. The molecule has 4 N–H and O–H groups in total. The smallest absolute Gasteiger partial charge is 0.323 e. The van der Waals surface area contributed by atoms with Crippen molar-refractivity contribution in [1.82, 2.24) is 34.9 Å². The number of benzene rings is 1. The second kappa shape index (κ2) is 13.3. The summed E-state index contributed by atoms with van der Waals surface area (Å²) in [6.07, 6.45) is 5.89. The first kappa shape index (κ1) is 28.9. The molecule has 1 amide bonds. The number of aliphatic carboxylic acids is 1. The number of imidazole rings is 1. The number of rotatable bonds is 7. The van der Waals surface area contributed by atoms with Gasteiger partial charge in [-0.25, -0.2) is 23.4 Å². The molecule has 2 aliphatic heterocycles.